The van der Waals surface area contributed by atoms with Gasteiger partial charge in [-0.1, -0.05) is 23.6 Å². The van der Waals surface area contributed by atoms with Crippen molar-refractivity contribution in [1.29, 1.82) is 0 Å². The zero-order chi connectivity index (χ0) is 12.8. The first-order valence-corrected chi connectivity index (χ1v) is 7.24. The smallest absolute Gasteiger partial charge is 0.276 e. The maximum Gasteiger partial charge on any atom is 0.276 e. The van der Waals surface area contributed by atoms with E-state index in [0.717, 1.165) is 11.3 Å². The molecule has 0 aliphatic heterocycles. The van der Waals surface area contributed by atoms with Crippen molar-refractivity contribution in [1.82, 2.24) is 10.2 Å². The first-order chi connectivity index (χ1) is 8.78. The molecular formula is C12H12N2O2S2. The number of aryl methyl sites for hydroxylation is 1. The van der Waals surface area contributed by atoms with Gasteiger partial charge in [0.05, 0.1) is 6.61 Å². The third kappa shape index (κ3) is 3.88. The van der Waals surface area contributed by atoms with Crippen LogP contribution in [-0.4, -0.2) is 21.9 Å². The van der Waals surface area contributed by atoms with Crippen LogP contribution < -0.4 is 0 Å². The lowest BCUT2D eigenvalue weighted by Gasteiger charge is -1.91. The van der Waals surface area contributed by atoms with Gasteiger partial charge in [-0.05, 0) is 6.07 Å². The van der Waals surface area contributed by atoms with E-state index in [0.29, 0.717) is 17.5 Å². The summed E-state index contributed by atoms with van der Waals surface area (Å²) < 4.78 is 5.28. The van der Waals surface area contributed by atoms with Crippen molar-refractivity contribution < 1.29 is 9.52 Å². The van der Waals surface area contributed by atoms with Crippen LogP contribution >= 0.6 is 23.1 Å². The second-order valence-electron chi connectivity index (χ2n) is 3.45. The molecule has 0 atom stereocenters. The highest BCUT2D eigenvalue weighted by Crippen LogP contribution is 2.25. The third-order valence-corrected chi connectivity index (χ3v) is 3.96. The van der Waals surface area contributed by atoms with Crippen LogP contribution in [0.15, 0.2) is 21.1 Å². The minimum absolute atomic E-state index is 0.108. The molecule has 0 aromatic carbocycles. The standard InChI is InChI=1S/C12H12N2O2S2/c1-9-13-14-12(16-9)18-8-11-6-10(7-17-11)4-2-3-5-15/h6-7,15H,3,5,8H2,1H3. The van der Waals surface area contributed by atoms with Gasteiger partial charge in [0.1, 0.15) is 0 Å². The van der Waals surface area contributed by atoms with E-state index in [2.05, 4.69) is 22.0 Å². The van der Waals surface area contributed by atoms with Gasteiger partial charge in [-0.15, -0.1) is 21.5 Å². The monoisotopic (exact) mass is 280 g/mol. The first-order valence-electron chi connectivity index (χ1n) is 5.38. The summed E-state index contributed by atoms with van der Waals surface area (Å²) in [5.41, 5.74) is 0.991. The predicted molar refractivity (Wildman–Crippen MR) is 71.5 cm³/mol. The van der Waals surface area contributed by atoms with Gasteiger partial charge in [0.15, 0.2) is 0 Å². The van der Waals surface area contributed by atoms with Crippen molar-refractivity contribution in [3.63, 3.8) is 0 Å². The number of thioether (sulfide) groups is 1. The molecule has 0 fully saturated rings. The molecule has 0 saturated heterocycles. The Labute approximate surface area is 113 Å². The zero-order valence-corrected chi connectivity index (χ0v) is 11.5. The number of hydrogen-bond donors (Lipinski definition) is 1. The van der Waals surface area contributed by atoms with Crippen molar-refractivity contribution in [2.24, 2.45) is 0 Å². The van der Waals surface area contributed by atoms with Crippen LogP contribution in [0.2, 0.25) is 0 Å². The topological polar surface area (TPSA) is 59.2 Å². The molecule has 18 heavy (non-hydrogen) atoms. The molecule has 2 heterocycles. The van der Waals surface area contributed by atoms with Crippen molar-refractivity contribution in [2.75, 3.05) is 6.61 Å². The van der Waals surface area contributed by atoms with Gasteiger partial charge in [-0.25, -0.2) is 0 Å². The normalized spacial score (nSPS) is 10.1. The van der Waals surface area contributed by atoms with Crippen LogP contribution in [0, 0.1) is 18.8 Å². The van der Waals surface area contributed by atoms with E-state index in [1.54, 1.807) is 18.3 Å². The molecule has 0 amide bonds. The average Bonchev–Trinajstić information content (AvgIpc) is 2.96. The lowest BCUT2D eigenvalue weighted by molar-refractivity contribution is 0.305. The summed E-state index contributed by atoms with van der Waals surface area (Å²) in [6.07, 6.45) is 0.515. The SMILES string of the molecule is Cc1nnc(SCc2cc(C#CCCO)cs2)o1. The Morgan fingerprint density at radius 2 is 2.39 bits per heavy atom. The molecule has 0 spiro atoms. The Bertz CT molecular complexity index is 566. The molecule has 4 nitrogen and oxygen atoms in total. The molecule has 0 aliphatic carbocycles. The number of aromatic nitrogens is 2. The van der Waals surface area contributed by atoms with Crippen molar-refractivity contribution in [3.05, 3.63) is 27.8 Å². The number of aliphatic hydroxyl groups is 1. The molecule has 0 bridgehead atoms. The summed E-state index contributed by atoms with van der Waals surface area (Å²) in [4.78, 5) is 1.21. The van der Waals surface area contributed by atoms with Gasteiger partial charge < -0.3 is 9.52 Å². The summed E-state index contributed by atoms with van der Waals surface area (Å²) in [5.74, 6) is 7.29. The highest BCUT2D eigenvalue weighted by molar-refractivity contribution is 7.98. The Kier molecular flexibility index (Phi) is 4.81. The van der Waals surface area contributed by atoms with E-state index in [9.17, 15) is 0 Å². The fraction of sp³-hybridized carbons (Fsp3) is 0.333. The maximum atomic E-state index is 8.64. The molecule has 94 valence electrons. The number of aliphatic hydroxyl groups excluding tert-OH is 1. The molecule has 0 unspecified atom stereocenters. The number of thiophene rings is 1. The van der Waals surface area contributed by atoms with Crippen LogP contribution in [0.1, 0.15) is 22.8 Å². The molecule has 0 saturated carbocycles. The van der Waals surface area contributed by atoms with E-state index in [-0.39, 0.29) is 6.61 Å². The van der Waals surface area contributed by atoms with Crippen LogP contribution in [-0.2, 0) is 5.75 Å². The number of nitrogens with zero attached hydrogens (tertiary/aromatic N) is 2. The molecule has 6 heteroatoms. The van der Waals surface area contributed by atoms with Crippen molar-refractivity contribution in [2.45, 2.75) is 24.3 Å². The van der Waals surface area contributed by atoms with Crippen LogP contribution in [0.4, 0.5) is 0 Å². The maximum absolute atomic E-state index is 8.64. The molecule has 0 radical (unpaired) electrons. The molecule has 2 rings (SSSR count). The zero-order valence-electron chi connectivity index (χ0n) is 9.84. The van der Waals surface area contributed by atoms with Crippen LogP contribution in [0.25, 0.3) is 0 Å². The second kappa shape index (κ2) is 6.59. The van der Waals surface area contributed by atoms with E-state index < -0.39 is 0 Å². The van der Waals surface area contributed by atoms with E-state index in [4.69, 9.17) is 9.52 Å². The van der Waals surface area contributed by atoms with Gasteiger partial charge in [-0.3, -0.25) is 0 Å². The lowest BCUT2D eigenvalue weighted by Crippen LogP contribution is -1.77. The van der Waals surface area contributed by atoms with E-state index >= 15 is 0 Å². The number of rotatable bonds is 4. The van der Waals surface area contributed by atoms with Gasteiger partial charge in [0.2, 0.25) is 5.89 Å². The molecular weight excluding hydrogens is 268 g/mol. The van der Waals surface area contributed by atoms with Crippen LogP contribution in [0.3, 0.4) is 0 Å². The summed E-state index contributed by atoms with van der Waals surface area (Å²) in [6, 6.07) is 2.05. The molecule has 1 N–H and O–H groups in total. The van der Waals surface area contributed by atoms with Crippen molar-refractivity contribution in [3.8, 4) is 11.8 Å². The Hall–Kier alpha value is -1.29. The van der Waals surface area contributed by atoms with E-state index in [1.807, 2.05) is 11.4 Å². The third-order valence-electron chi connectivity index (χ3n) is 1.97. The Balaban J connectivity index is 1.89. The quantitative estimate of drug-likeness (QED) is 0.688. The highest BCUT2D eigenvalue weighted by Gasteiger charge is 2.05. The molecule has 2 aromatic rings. The fourth-order valence-electron chi connectivity index (χ4n) is 1.21. The van der Waals surface area contributed by atoms with Gasteiger partial charge >= 0.3 is 0 Å². The lowest BCUT2D eigenvalue weighted by atomic mass is 10.3. The van der Waals surface area contributed by atoms with Gasteiger partial charge in [0, 0.05) is 34.9 Å². The molecule has 2 aromatic heterocycles. The first kappa shape index (κ1) is 13.1. The summed E-state index contributed by atoms with van der Waals surface area (Å²) in [5, 5.41) is 18.9. The molecule has 0 aliphatic rings. The largest absolute Gasteiger partial charge is 0.416 e. The summed E-state index contributed by atoms with van der Waals surface area (Å²) in [6.45, 7) is 1.88. The van der Waals surface area contributed by atoms with Gasteiger partial charge in [-0.2, -0.15) is 0 Å². The van der Waals surface area contributed by atoms with Crippen molar-refractivity contribution >= 4 is 23.1 Å². The van der Waals surface area contributed by atoms with Gasteiger partial charge in [0.25, 0.3) is 5.22 Å². The number of hydrogen-bond acceptors (Lipinski definition) is 6. The van der Waals surface area contributed by atoms with E-state index in [1.165, 1.54) is 16.6 Å². The Morgan fingerprint density at radius 1 is 1.50 bits per heavy atom. The minimum atomic E-state index is 0.108. The van der Waals surface area contributed by atoms with Crippen LogP contribution in [0.5, 0.6) is 0 Å². The summed E-state index contributed by atoms with van der Waals surface area (Å²) in [7, 11) is 0. The average molecular weight is 280 g/mol. The fourth-order valence-corrected chi connectivity index (χ4v) is 2.89. The highest BCUT2D eigenvalue weighted by atomic mass is 32.2. The second-order valence-corrected chi connectivity index (χ2v) is 5.38. The summed E-state index contributed by atoms with van der Waals surface area (Å²) >= 11 is 3.18. The predicted octanol–water partition coefficient (Wildman–Crippen LogP) is 2.47. The minimum Gasteiger partial charge on any atom is -0.416 e. The Morgan fingerprint density at radius 3 is 3.11 bits per heavy atom.